The van der Waals surface area contributed by atoms with Crippen LogP contribution in [0.2, 0.25) is 0 Å². The number of carbonyl (C=O) groups excluding carboxylic acids is 3. The van der Waals surface area contributed by atoms with Crippen molar-refractivity contribution in [3.8, 4) is 0 Å². The molecular weight excluding hydrogens is 362 g/mol. The van der Waals surface area contributed by atoms with E-state index in [2.05, 4.69) is 5.32 Å². The maximum atomic E-state index is 13.0. The van der Waals surface area contributed by atoms with Gasteiger partial charge in [-0.05, 0) is 43.5 Å². The largest absolute Gasteiger partial charge is 0.467 e. The van der Waals surface area contributed by atoms with Crippen molar-refractivity contribution in [2.24, 2.45) is 5.73 Å². The topological polar surface area (TPSA) is 115 Å². The third kappa shape index (κ3) is 4.23. The van der Waals surface area contributed by atoms with Crippen LogP contribution >= 0.6 is 0 Å². The van der Waals surface area contributed by atoms with Crippen molar-refractivity contribution in [2.45, 2.75) is 31.8 Å². The zero-order chi connectivity index (χ0) is 20.1. The highest BCUT2D eigenvalue weighted by molar-refractivity contribution is 6.05. The molecule has 148 valence electrons. The quantitative estimate of drug-likeness (QED) is 0.762. The summed E-state index contributed by atoms with van der Waals surface area (Å²) in [6.07, 6.45) is 3.62. The second-order valence-electron chi connectivity index (χ2n) is 6.57. The lowest BCUT2D eigenvalue weighted by Crippen LogP contribution is -2.48. The molecule has 1 unspecified atom stereocenters. The zero-order valence-corrected chi connectivity index (χ0v) is 15.6. The molecule has 3 rings (SSSR count). The predicted molar refractivity (Wildman–Crippen MR) is 102 cm³/mol. The predicted octanol–water partition coefficient (Wildman–Crippen LogP) is 2.16. The summed E-state index contributed by atoms with van der Waals surface area (Å²) in [4.78, 5) is 38.9. The van der Waals surface area contributed by atoms with Gasteiger partial charge in [-0.25, -0.2) is 4.79 Å². The number of likely N-dealkylation sites (tertiary alicyclic amines) is 1. The first-order valence-corrected chi connectivity index (χ1v) is 9.11. The number of hydrogen-bond donors (Lipinski definition) is 2. The molecule has 0 spiro atoms. The lowest BCUT2D eigenvalue weighted by atomic mass is 10.0. The zero-order valence-electron chi connectivity index (χ0n) is 15.6. The second kappa shape index (κ2) is 8.71. The molecule has 1 atom stereocenters. The van der Waals surface area contributed by atoms with Crippen molar-refractivity contribution < 1.29 is 23.5 Å². The Morgan fingerprint density at radius 2 is 2.07 bits per heavy atom. The van der Waals surface area contributed by atoms with Crippen molar-refractivity contribution in [1.29, 1.82) is 0 Å². The molecule has 1 fully saturated rings. The minimum atomic E-state index is -0.579. The Bertz CT molecular complexity index is 876. The maximum absolute atomic E-state index is 13.0. The molecule has 3 N–H and O–H groups in total. The van der Waals surface area contributed by atoms with Crippen LogP contribution in [0.25, 0.3) is 0 Å². The number of hydrogen-bond acceptors (Lipinski definition) is 6. The second-order valence-corrected chi connectivity index (χ2v) is 6.57. The molecule has 2 aromatic rings. The van der Waals surface area contributed by atoms with Crippen molar-refractivity contribution in [3.05, 3.63) is 53.5 Å². The molecule has 0 radical (unpaired) electrons. The van der Waals surface area contributed by atoms with E-state index in [1.165, 1.54) is 13.4 Å². The first kappa shape index (κ1) is 19.6. The number of carbonyl (C=O) groups is 3. The first-order valence-electron chi connectivity index (χ1n) is 9.11. The highest BCUT2D eigenvalue weighted by Crippen LogP contribution is 2.22. The van der Waals surface area contributed by atoms with Crippen molar-refractivity contribution >= 4 is 23.5 Å². The van der Waals surface area contributed by atoms with Gasteiger partial charge in [0, 0.05) is 17.8 Å². The van der Waals surface area contributed by atoms with Gasteiger partial charge in [0.15, 0.2) is 0 Å². The van der Waals surface area contributed by atoms with Crippen LogP contribution in [0.3, 0.4) is 0 Å². The smallest absolute Gasteiger partial charge is 0.328 e. The highest BCUT2D eigenvalue weighted by Gasteiger charge is 2.33. The fourth-order valence-corrected chi connectivity index (χ4v) is 3.26. The van der Waals surface area contributed by atoms with Crippen LogP contribution in [0, 0.1) is 0 Å². The third-order valence-electron chi connectivity index (χ3n) is 4.72. The SMILES string of the molecule is COC(=O)C1CCCCN1C(=O)c1cccc(NC(=O)c2coc(CN)c2)c1. The number of rotatable bonds is 5. The van der Waals surface area contributed by atoms with Gasteiger partial charge < -0.3 is 25.1 Å². The molecule has 8 nitrogen and oxygen atoms in total. The molecule has 2 amide bonds. The number of benzene rings is 1. The Morgan fingerprint density at radius 1 is 1.25 bits per heavy atom. The molecule has 8 heteroatoms. The number of nitrogens with one attached hydrogen (secondary N) is 1. The number of furan rings is 1. The van der Waals surface area contributed by atoms with E-state index in [1.54, 1.807) is 35.2 Å². The molecule has 1 aromatic heterocycles. The fourth-order valence-electron chi connectivity index (χ4n) is 3.26. The van der Waals surface area contributed by atoms with Gasteiger partial charge in [-0.1, -0.05) is 6.07 Å². The van der Waals surface area contributed by atoms with Gasteiger partial charge in [-0.3, -0.25) is 9.59 Å². The van der Waals surface area contributed by atoms with E-state index in [4.69, 9.17) is 14.9 Å². The first-order chi connectivity index (χ1) is 13.5. The average molecular weight is 385 g/mol. The fraction of sp³-hybridized carbons (Fsp3) is 0.350. The minimum absolute atomic E-state index is 0.203. The number of amides is 2. The van der Waals surface area contributed by atoms with Gasteiger partial charge in [0.1, 0.15) is 18.1 Å². The summed E-state index contributed by atoms with van der Waals surface area (Å²) in [5.74, 6) is -0.528. The van der Waals surface area contributed by atoms with Gasteiger partial charge in [-0.2, -0.15) is 0 Å². The van der Waals surface area contributed by atoms with Crippen LogP contribution in [-0.2, 0) is 16.1 Å². The maximum Gasteiger partial charge on any atom is 0.328 e. The van der Waals surface area contributed by atoms with E-state index in [1.807, 2.05) is 0 Å². The number of ether oxygens (including phenoxy) is 1. The molecule has 28 heavy (non-hydrogen) atoms. The summed E-state index contributed by atoms with van der Waals surface area (Å²) < 4.78 is 10.0. The summed E-state index contributed by atoms with van der Waals surface area (Å²) in [7, 11) is 1.32. The molecule has 2 heterocycles. The summed E-state index contributed by atoms with van der Waals surface area (Å²) in [6.45, 7) is 0.695. The van der Waals surface area contributed by atoms with Crippen LogP contribution in [0.15, 0.2) is 41.0 Å². The van der Waals surface area contributed by atoms with Crippen LogP contribution in [0.4, 0.5) is 5.69 Å². The number of anilines is 1. The van der Waals surface area contributed by atoms with Crippen molar-refractivity contribution in [3.63, 3.8) is 0 Å². The molecule has 1 saturated heterocycles. The monoisotopic (exact) mass is 385 g/mol. The molecule has 0 aliphatic carbocycles. The van der Waals surface area contributed by atoms with E-state index >= 15 is 0 Å². The van der Waals surface area contributed by atoms with Crippen LogP contribution in [0.5, 0.6) is 0 Å². The number of nitrogens with two attached hydrogens (primary N) is 1. The summed E-state index contributed by atoms with van der Waals surface area (Å²) in [5.41, 5.74) is 6.69. The number of methoxy groups -OCH3 is 1. The number of nitrogens with zero attached hydrogens (tertiary/aromatic N) is 1. The van der Waals surface area contributed by atoms with Gasteiger partial charge >= 0.3 is 5.97 Å². The number of esters is 1. The van der Waals surface area contributed by atoms with E-state index in [0.29, 0.717) is 35.5 Å². The van der Waals surface area contributed by atoms with Crippen LogP contribution in [-0.4, -0.2) is 42.4 Å². The molecule has 1 aliphatic rings. The minimum Gasteiger partial charge on any atom is -0.467 e. The van der Waals surface area contributed by atoms with Gasteiger partial charge in [0.25, 0.3) is 11.8 Å². The number of piperidine rings is 1. The van der Waals surface area contributed by atoms with E-state index in [0.717, 1.165) is 12.8 Å². The van der Waals surface area contributed by atoms with E-state index < -0.39 is 12.0 Å². The van der Waals surface area contributed by atoms with E-state index in [-0.39, 0.29) is 18.4 Å². The van der Waals surface area contributed by atoms with Crippen molar-refractivity contribution in [1.82, 2.24) is 4.90 Å². The molecule has 0 bridgehead atoms. The summed E-state index contributed by atoms with van der Waals surface area (Å²) in [5, 5.41) is 2.74. The van der Waals surface area contributed by atoms with Gasteiger partial charge in [0.05, 0.1) is 19.2 Å². The third-order valence-corrected chi connectivity index (χ3v) is 4.72. The van der Waals surface area contributed by atoms with E-state index in [9.17, 15) is 14.4 Å². The standard InChI is InChI=1S/C20H23N3O5/c1-27-20(26)17-7-2-3-8-23(17)19(25)13-5-4-6-15(9-13)22-18(24)14-10-16(11-21)28-12-14/h4-6,9-10,12,17H,2-3,7-8,11,21H2,1H3,(H,22,24). The Kier molecular flexibility index (Phi) is 6.10. The van der Waals surface area contributed by atoms with Crippen LogP contribution < -0.4 is 11.1 Å². The van der Waals surface area contributed by atoms with Crippen molar-refractivity contribution in [2.75, 3.05) is 19.0 Å². The molecule has 1 aromatic carbocycles. The lowest BCUT2D eigenvalue weighted by Gasteiger charge is -2.33. The Labute approximate surface area is 162 Å². The Balaban J connectivity index is 1.75. The van der Waals surface area contributed by atoms with Gasteiger partial charge in [-0.15, -0.1) is 0 Å². The van der Waals surface area contributed by atoms with Crippen LogP contribution in [0.1, 0.15) is 45.7 Å². The molecular formula is C20H23N3O5. The highest BCUT2D eigenvalue weighted by atomic mass is 16.5. The Hall–Kier alpha value is -3.13. The lowest BCUT2D eigenvalue weighted by molar-refractivity contribution is -0.147. The van der Waals surface area contributed by atoms with Gasteiger partial charge in [0.2, 0.25) is 0 Å². The summed E-state index contributed by atoms with van der Waals surface area (Å²) >= 11 is 0. The molecule has 0 saturated carbocycles. The molecule has 1 aliphatic heterocycles. The Morgan fingerprint density at radius 3 is 2.79 bits per heavy atom. The average Bonchev–Trinajstić information content (AvgIpc) is 3.22. The normalized spacial score (nSPS) is 16.5. The summed E-state index contributed by atoms with van der Waals surface area (Å²) in [6, 6.07) is 7.61.